The third kappa shape index (κ3) is 4.02. The monoisotopic (exact) mass is 414 g/mol. The topological polar surface area (TPSA) is 66.9 Å². The van der Waals surface area contributed by atoms with E-state index in [1.54, 1.807) is 17.0 Å². The molecule has 0 aromatic heterocycles. The van der Waals surface area contributed by atoms with Gasteiger partial charge in [0.25, 0.3) is 5.91 Å². The number of hydrogen-bond donors (Lipinski definition) is 0. The summed E-state index contributed by atoms with van der Waals surface area (Å²) in [6.07, 6.45) is 2.02. The third-order valence-electron chi connectivity index (χ3n) is 5.57. The molecule has 0 unspecified atom stereocenters. The number of hydrogen-bond acceptors (Lipinski definition) is 4. The summed E-state index contributed by atoms with van der Waals surface area (Å²) in [5.74, 6) is 0.695. The fraction of sp³-hybridized carbons (Fsp3) is 0.409. The molecule has 154 valence electrons. The molecule has 1 fully saturated rings. The predicted octanol–water partition coefficient (Wildman–Crippen LogP) is 2.48. The molecule has 1 saturated heterocycles. The van der Waals surface area contributed by atoms with Crippen LogP contribution in [0.2, 0.25) is 0 Å². The Morgan fingerprint density at radius 3 is 2.38 bits per heavy atom. The second-order valence-electron chi connectivity index (χ2n) is 7.54. The van der Waals surface area contributed by atoms with Crippen LogP contribution in [0.1, 0.15) is 24.5 Å². The first-order valence-corrected chi connectivity index (χ1v) is 11.6. The van der Waals surface area contributed by atoms with E-state index in [0.717, 1.165) is 29.7 Å². The van der Waals surface area contributed by atoms with Crippen molar-refractivity contribution < 1.29 is 17.9 Å². The maximum atomic E-state index is 12.9. The molecule has 0 spiro atoms. The molecule has 4 rings (SSSR count). The SMILES string of the molecule is CCCc1ccc(S(=O)(=O)N2CCN(C(=O)[C@H]3Cc4ccccc4O3)CC2)cc1. The van der Waals surface area contributed by atoms with E-state index in [-0.39, 0.29) is 5.91 Å². The van der Waals surface area contributed by atoms with Gasteiger partial charge >= 0.3 is 0 Å². The van der Waals surface area contributed by atoms with Gasteiger partial charge < -0.3 is 9.64 Å². The summed E-state index contributed by atoms with van der Waals surface area (Å²) < 4.78 is 33.1. The molecule has 2 aromatic carbocycles. The van der Waals surface area contributed by atoms with Crippen molar-refractivity contribution in [2.75, 3.05) is 26.2 Å². The Kier molecular flexibility index (Phi) is 5.61. The standard InChI is InChI=1S/C22H26N2O4S/c1-2-5-17-8-10-19(11-9-17)29(26,27)24-14-12-23(13-15-24)22(25)21-16-18-6-3-4-7-20(18)28-21/h3-4,6-11,21H,2,5,12-16H2,1H3/t21-/m1/s1. The van der Waals surface area contributed by atoms with E-state index in [1.807, 2.05) is 36.4 Å². The summed E-state index contributed by atoms with van der Waals surface area (Å²) in [7, 11) is -3.54. The molecule has 7 heteroatoms. The lowest BCUT2D eigenvalue weighted by atomic mass is 10.1. The average Bonchev–Trinajstić information content (AvgIpc) is 3.18. The normalized spacial score (nSPS) is 19.6. The molecular weight excluding hydrogens is 388 g/mol. The minimum absolute atomic E-state index is 0.0674. The maximum Gasteiger partial charge on any atom is 0.264 e. The Bertz CT molecular complexity index is 955. The minimum atomic E-state index is -3.54. The van der Waals surface area contributed by atoms with Crippen molar-refractivity contribution in [3.8, 4) is 5.75 Å². The van der Waals surface area contributed by atoms with Crippen LogP contribution in [0.25, 0.3) is 0 Å². The quantitative estimate of drug-likeness (QED) is 0.754. The molecule has 2 aliphatic heterocycles. The molecule has 1 atom stereocenters. The van der Waals surface area contributed by atoms with Crippen molar-refractivity contribution in [2.45, 2.75) is 37.2 Å². The van der Waals surface area contributed by atoms with Gasteiger partial charge in [-0.2, -0.15) is 4.31 Å². The van der Waals surface area contributed by atoms with Gasteiger partial charge in [-0.1, -0.05) is 43.7 Å². The molecule has 6 nitrogen and oxygen atoms in total. The zero-order valence-electron chi connectivity index (χ0n) is 16.6. The fourth-order valence-electron chi connectivity index (χ4n) is 3.94. The summed E-state index contributed by atoms with van der Waals surface area (Å²) >= 11 is 0. The van der Waals surface area contributed by atoms with Gasteiger partial charge in [0, 0.05) is 32.6 Å². The van der Waals surface area contributed by atoms with Crippen LogP contribution in [-0.2, 0) is 27.7 Å². The number of amides is 1. The van der Waals surface area contributed by atoms with Crippen molar-refractivity contribution in [2.24, 2.45) is 0 Å². The van der Waals surface area contributed by atoms with E-state index >= 15 is 0 Å². The van der Waals surface area contributed by atoms with E-state index in [2.05, 4.69) is 6.92 Å². The average molecular weight is 415 g/mol. The maximum absolute atomic E-state index is 12.9. The number of fused-ring (bicyclic) bond motifs is 1. The number of aryl methyl sites for hydroxylation is 1. The van der Waals surface area contributed by atoms with E-state index in [4.69, 9.17) is 4.74 Å². The molecule has 29 heavy (non-hydrogen) atoms. The molecule has 0 aliphatic carbocycles. The largest absolute Gasteiger partial charge is 0.480 e. The molecule has 1 amide bonds. The van der Waals surface area contributed by atoms with E-state index in [0.29, 0.717) is 37.5 Å². The first-order chi connectivity index (χ1) is 14.0. The van der Waals surface area contributed by atoms with Gasteiger partial charge in [-0.05, 0) is 35.7 Å². The van der Waals surface area contributed by atoms with Crippen LogP contribution < -0.4 is 4.74 Å². The van der Waals surface area contributed by atoms with Gasteiger partial charge in [-0.15, -0.1) is 0 Å². The molecule has 0 bridgehead atoms. The van der Waals surface area contributed by atoms with Gasteiger partial charge in [0.1, 0.15) is 5.75 Å². The number of piperazine rings is 1. The van der Waals surface area contributed by atoms with Crippen LogP contribution in [0.3, 0.4) is 0 Å². The second-order valence-corrected chi connectivity index (χ2v) is 9.48. The zero-order chi connectivity index (χ0) is 20.4. The first kappa shape index (κ1) is 19.9. The summed E-state index contributed by atoms with van der Waals surface area (Å²) in [6.45, 7) is 3.44. The summed E-state index contributed by atoms with van der Waals surface area (Å²) in [5, 5.41) is 0. The number of sulfonamides is 1. The van der Waals surface area contributed by atoms with Crippen molar-refractivity contribution in [3.63, 3.8) is 0 Å². The van der Waals surface area contributed by atoms with Crippen LogP contribution in [-0.4, -0.2) is 55.8 Å². The Labute approximate surface area is 172 Å². The molecule has 0 saturated carbocycles. The molecular formula is C22H26N2O4S. The van der Waals surface area contributed by atoms with Crippen LogP contribution in [0.5, 0.6) is 5.75 Å². The van der Waals surface area contributed by atoms with Crippen molar-refractivity contribution in [1.29, 1.82) is 0 Å². The Hall–Kier alpha value is -2.38. The Morgan fingerprint density at radius 2 is 1.72 bits per heavy atom. The molecule has 0 N–H and O–H groups in total. The second kappa shape index (κ2) is 8.16. The van der Waals surface area contributed by atoms with Gasteiger partial charge in [-0.25, -0.2) is 8.42 Å². The number of rotatable bonds is 5. The van der Waals surface area contributed by atoms with Crippen LogP contribution in [0.4, 0.5) is 0 Å². The van der Waals surface area contributed by atoms with E-state index in [1.165, 1.54) is 4.31 Å². The molecule has 2 aliphatic rings. The van der Waals surface area contributed by atoms with Gasteiger partial charge in [-0.3, -0.25) is 4.79 Å². The van der Waals surface area contributed by atoms with Crippen LogP contribution in [0, 0.1) is 0 Å². The lowest BCUT2D eigenvalue weighted by Gasteiger charge is -2.35. The summed E-state index contributed by atoms with van der Waals surface area (Å²) in [6, 6.07) is 14.8. The van der Waals surface area contributed by atoms with E-state index in [9.17, 15) is 13.2 Å². The first-order valence-electron chi connectivity index (χ1n) is 10.1. The fourth-order valence-corrected chi connectivity index (χ4v) is 5.36. The van der Waals surface area contributed by atoms with Crippen LogP contribution >= 0.6 is 0 Å². The Balaban J connectivity index is 1.37. The van der Waals surface area contributed by atoms with E-state index < -0.39 is 16.1 Å². The zero-order valence-corrected chi connectivity index (χ0v) is 17.4. The van der Waals surface area contributed by atoms with Crippen molar-refractivity contribution in [1.82, 2.24) is 9.21 Å². The lowest BCUT2D eigenvalue weighted by molar-refractivity contribution is -0.139. The third-order valence-corrected chi connectivity index (χ3v) is 7.49. The molecule has 0 radical (unpaired) electrons. The van der Waals surface area contributed by atoms with Gasteiger partial charge in [0.15, 0.2) is 6.10 Å². The number of benzene rings is 2. The summed E-state index contributed by atoms with van der Waals surface area (Å²) in [4.78, 5) is 14.9. The minimum Gasteiger partial charge on any atom is -0.480 e. The molecule has 2 heterocycles. The number of ether oxygens (including phenoxy) is 1. The predicted molar refractivity (Wildman–Crippen MR) is 110 cm³/mol. The highest BCUT2D eigenvalue weighted by Crippen LogP contribution is 2.29. The number of nitrogens with zero attached hydrogens (tertiary/aromatic N) is 2. The molecule has 2 aromatic rings. The highest BCUT2D eigenvalue weighted by atomic mass is 32.2. The van der Waals surface area contributed by atoms with Crippen molar-refractivity contribution in [3.05, 3.63) is 59.7 Å². The lowest BCUT2D eigenvalue weighted by Crippen LogP contribution is -2.53. The van der Waals surface area contributed by atoms with Crippen LogP contribution in [0.15, 0.2) is 53.4 Å². The highest BCUT2D eigenvalue weighted by molar-refractivity contribution is 7.89. The van der Waals surface area contributed by atoms with Gasteiger partial charge in [0.2, 0.25) is 10.0 Å². The Morgan fingerprint density at radius 1 is 1.03 bits per heavy atom. The van der Waals surface area contributed by atoms with Crippen molar-refractivity contribution >= 4 is 15.9 Å². The van der Waals surface area contributed by atoms with Gasteiger partial charge in [0.05, 0.1) is 4.90 Å². The number of carbonyl (C=O) groups is 1. The number of para-hydroxylation sites is 1. The summed E-state index contributed by atoms with van der Waals surface area (Å²) in [5.41, 5.74) is 2.18. The highest BCUT2D eigenvalue weighted by Gasteiger charge is 2.35. The smallest absolute Gasteiger partial charge is 0.264 e. The number of carbonyl (C=O) groups excluding carboxylic acids is 1.